The van der Waals surface area contributed by atoms with Gasteiger partial charge in [-0.1, -0.05) is 13.0 Å². The molecule has 6 nitrogen and oxygen atoms in total. The van der Waals surface area contributed by atoms with Gasteiger partial charge in [0.15, 0.2) is 17.5 Å². The van der Waals surface area contributed by atoms with Crippen LogP contribution in [-0.4, -0.2) is 37.9 Å². The number of aryl methyl sites for hydroxylation is 1. The second-order valence-electron chi connectivity index (χ2n) is 5.83. The molecule has 1 heterocycles. The number of rotatable bonds is 10. The fourth-order valence-electron chi connectivity index (χ4n) is 2.48. The molecule has 0 unspecified atom stereocenters. The third-order valence-electron chi connectivity index (χ3n) is 3.84. The average Bonchev–Trinajstić information content (AvgIpc) is 3.16. The fraction of sp³-hybridized carbons (Fsp3) is 0.450. The summed E-state index contributed by atoms with van der Waals surface area (Å²) in [6.07, 6.45) is 1.07. The summed E-state index contributed by atoms with van der Waals surface area (Å²) < 4.78 is 10.8. The predicted octanol–water partition coefficient (Wildman–Crippen LogP) is 2.95. The fourth-order valence-corrected chi connectivity index (χ4v) is 3.37. The summed E-state index contributed by atoms with van der Waals surface area (Å²) in [6.45, 7) is 6.51. The number of nitrogens with one attached hydrogen (secondary N) is 2. The van der Waals surface area contributed by atoms with Gasteiger partial charge in [0.25, 0.3) is 0 Å². The summed E-state index contributed by atoms with van der Waals surface area (Å²) in [4.78, 5) is 7.34. The number of aliphatic hydroxyl groups is 1. The number of nitrogens with zero attached hydrogens (tertiary/aromatic N) is 1. The molecule has 2 aromatic rings. The Labute approximate surface area is 165 Å². The lowest BCUT2D eigenvalue weighted by Crippen LogP contribution is -2.36. The van der Waals surface area contributed by atoms with Crippen LogP contribution in [0, 0.1) is 0 Å². The van der Waals surface area contributed by atoms with Gasteiger partial charge in [0, 0.05) is 16.3 Å². The highest BCUT2D eigenvalue weighted by atomic mass is 32.1. The highest BCUT2D eigenvalue weighted by Gasteiger charge is 2.06. The molecule has 0 saturated carbocycles. The Balaban J connectivity index is 2.00. The van der Waals surface area contributed by atoms with Crippen LogP contribution in [0.3, 0.4) is 0 Å². The summed E-state index contributed by atoms with van der Waals surface area (Å²) in [5.74, 6) is 2.04. The largest absolute Gasteiger partial charge is 0.493 e. The molecule has 1 aromatic carbocycles. The molecule has 0 aliphatic carbocycles. The first-order valence-corrected chi connectivity index (χ1v) is 10.0. The van der Waals surface area contributed by atoms with Gasteiger partial charge >= 0.3 is 0 Å². The van der Waals surface area contributed by atoms with Crippen molar-refractivity contribution in [1.29, 1.82) is 0 Å². The van der Waals surface area contributed by atoms with Crippen molar-refractivity contribution in [3.8, 4) is 11.5 Å². The summed E-state index contributed by atoms with van der Waals surface area (Å²) in [5.41, 5.74) is 1.02. The lowest BCUT2D eigenvalue weighted by Gasteiger charge is -2.12. The maximum Gasteiger partial charge on any atom is 0.191 e. The highest BCUT2D eigenvalue weighted by Crippen LogP contribution is 2.28. The van der Waals surface area contributed by atoms with Crippen LogP contribution >= 0.6 is 11.3 Å². The van der Waals surface area contributed by atoms with Crippen molar-refractivity contribution in [3.63, 3.8) is 0 Å². The van der Waals surface area contributed by atoms with Crippen LogP contribution < -0.4 is 20.1 Å². The molecular formula is C20H29N3O3S. The van der Waals surface area contributed by atoms with Gasteiger partial charge in [-0.15, -0.1) is 11.3 Å². The van der Waals surface area contributed by atoms with E-state index in [1.54, 1.807) is 7.11 Å². The van der Waals surface area contributed by atoms with E-state index in [4.69, 9.17) is 14.6 Å². The number of aliphatic hydroxyl groups excluding tert-OH is 1. The monoisotopic (exact) mass is 391 g/mol. The van der Waals surface area contributed by atoms with Crippen LogP contribution in [0.2, 0.25) is 0 Å². The van der Waals surface area contributed by atoms with Gasteiger partial charge in [-0.3, -0.25) is 0 Å². The molecule has 1 aromatic heterocycles. The molecule has 0 atom stereocenters. The first-order valence-electron chi connectivity index (χ1n) is 9.20. The van der Waals surface area contributed by atoms with E-state index in [2.05, 4.69) is 34.7 Å². The van der Waals surface area contributed by atoms with Gasteiger partial charge in [-0.2, -0.15) is 0 Å². The minimum atomic E-state index is -0.0308. The average molecular weight is 392 g/mol. The van der Waals surface area contributed by atoms with Crippen LogP contribution in [0.5, 0.6) is 11.5 Å². The van der Waals surface area contributed by atoms with Gasteiger partial charge < -0.3 is 25.2 Å². The Morgan fingerprint density at radius 3 is 2.59 bits per heavy atom. The van der Waals surface area contributed by atoms with Crippen molar-refractivity contribution in [3.05, 3.63) is 45.6 Å². The van der Waals surface area contributed by atoms with E-state index in [0.29, 0.717) is 18.0 Å². The number of hydrogen-bond donors (Lipinski definition) is 3. The van der Waals surface area contributed by atoms with Crippen LogP contribution in [-0.2, 0) is 19.5 Å². The van der Waals surface area contributed by atoms with E-state index in [-0.39, 0.29) is 13.2 Å². The molecule has 0 fully saturated rings. The first kappa shape index (κ1) is 21.1. The third kappa shape index (κ3) is 6.77. The SMILES string of the molecule is CCNC(=NCc1ccc(OCCO)c(OC)c1)NCc1ccc(CC)s1. The standard InChI is InChI=1S/C20H29N3O3S/c1-4-16-7-8-17(27-16)14-23-20(21-5-2)22-13-15-6-9-18(26-11-10-24)19(12-15)25-3/h6-9,12,24H,4-5,10-11,13-14H2,1-3H3,(H2,21,22,23). The Hall–Kier alpha value is -2.25. The molecule has 7 heteroatoms. The van der Waals surface area contributed by atoms with Crippen LogP contribution in [0.4, 0.5) is 0 Å². The first-order chi connectivity index (χ1) is 13.2. The molecule has 148 valence electrons. The zero-order valence-electron chi connectivity index (χ0n) is 16.2. The van der Waals surface area contributed by atoms with Gasteiger partial charge in [-0.05, 0) is 43.2 Å². The van der Waals surface area contributed by atoms with Crippen molar-refractivity contribution < 1.29 is 14.6 Å². The molecule has 0 aliphatic rings. The normalized spacial score (nSPS) is 11.3. The van der Waals surface area contributed by atoms with Gasteiger partial charge in [0.1, 0.15) is 6.61 Å². The van der Waals surface area contributed by atoms with Crippen molar-refractivity contribution in [2.75, 3.05) is 26.9 Å². The van der Waals surface area contributed by atoms with Crippen molar-refractivity contribution in [1.82, 2.24) is 10.6 Å². The minimum absolute atomic E-state index is 0.0308. The smallest absolute Gasteiger partial charge is 0.191 e. The van der Waals surface area contributed by atoms with E-state index in [9.17, 15) is 0 Å². The lowest BCUT2D eigenvalue weighted by atomic mass is 10.2. The molecule has 2 rings (SSSR count). The lowest BCUT2D eigenvalue weighted by molar-refractivity contribution is 0.196. The van der Waals surface area contributed by atoms with Crippen molar-refractivity contribution in [2.24, 2.45) is 4.99 Å². The molecular weight excluding hydrogens is 362 g/mol. The Morgan fingerprint density at radius 2 is 1.93 bits per heavy atom. The zero-order valence-corrected chi connectivity index (χ0v) is 17.1. The van der Waals surface area contributed by atoms with E-state index >= 15 is 0 Å². The summed E-state index contributed by atoms with van der Waals surface area (Å²) in [7, 11) is 1.60. The van der Waals surface area contributed by atoms with Crippen molar-refractivity contribution >= 4 is 17.3 Å². The van der Waals surface area contributed by atoms with Crippen LogP contribution in [0.15, 0.2) is 35.3 Å². The molecule has 0 radical (unpaired) electrons. The van der Waals surface area contributed by atoms with Crippen LogP contribution in [0.25, 0.3) is 0 Å². The Bertz CT molecular complexity index is 731. The van der Waals surface area contributed by atoms with Crippen LogP contribution in [0.1, 0.15) is 29.2 Å². The number of thiophene rings is 1. The molecule has 0 bridgehead atoms. The van der Waals surface area contributed by atoms with E-state index in [0.717, 1.165) is 31.0 Å². The molecule has 3 N–H and O–H groups in total. The number of hydrogen-bond acceptors (Lipinski definition) is 5. The maximum absolute atomic E-state index is 8.89. The summed E-state index contributed by atoms with van der Waals surface area (Å²) >= 11 is 1.83. The van der Waals surface area contributed by atoms with Gasteiger partial charge in [0.2, 0.25) is 0 Å². The second-order valence-corrected chi connectivity index (χ2v) is 7.08. The molecule has 0 aliphatic heterocycles. The maximum atomic E-state index is 8.89. The third-order valence-corrected chi connectivity index (χ3v) is 5.07. The predicted molar refractivity (Wildman–Crippen MR) is 111 cm³/mol. The summed E-state index contributed by atoms with van der Waals surface area (Å²) in [6, 6.07) is 10.0. The highest BCUT2D eigenvalue weighted by molar-refractivity contribution is 7.11. The Kier molecular flexibility index (Phi) is 8.94. The van der Waals surface area contributed by atoms with E-state index < -0.39 is 0 Å². The molecule has 27 heavy (non-hydrogen) atoms. The molecule has 0 saturated heterocycles. The van der Waals surface area contributed by atoms with Crippen molar-refractivity contribution in [2.45, 2.75) is 33.4 Å². The Morgan fingerprint density at radius 1 is 1.11 bits per heavy atom. The number of aliphatic imine (C=N–C) groups is 1. The van der Waals surface area contributed by atoms with Gasteiger partial charge in [0.05, 0.1) is 26.8 Å². The van der Waals surface area contributed by atoms with E-state index in [1.807, 2.05) is 36.5 Å². The topological polar surface area (TPSA) is 75.1 Å². The summed E-state index contributed by atoms with van der Waals surface area (Å²) in [5, 5.41) is 15.5. The number of guanidine groups is 1. The van der Waals surface area contributed by atoms with Gasteiger partial charge in [-0.25, -0.2) is 4.99 Å². The molecule has 0 spiro atoms. The number of benzene rings is 1. The quantitative estimate of drug-likeness (QED) is 0.429. The van der Waals surface area contributed by atoms with E-state index in [1.165, 1.54) is 9.75 Å². The second kappa shape index (κ2) is 11.5. The number of ether oxygens (including phenoxy) is 2. The molecule has 0 amide bonds. The number of methoxy groups -OCH3 is 1. The zero-order chi connectivity index (χ0) is 19.5. The minimum Gasteiger partial charge on any atom is -0.493 e.